The van der Waals surface area contributed by atoms with E-state index in [1.54, 1.807) is 0 Å². The van der Waals surface area contributed by atoms with Crippen molar-refractivity contribution in [2.24, 2.45) is 0 Å². The Labute approximate surface area is 291 Å². The Kier molecular flexibility index (Phi) is 15.7. The minimum absolute atomic E-state index is 0.369. The summed E-state index contributed by atoms with van der Waals surface area (Å²) in [5.74, 6) is -6.61. The molecule has 280 valence electrons. The molecule has 2 aliphatic rings. The summed E-state index contributed by atoms with van der Waals surface area (Å²) < 4.78 is 54.4. The fraction of sp³-hybridized carbons (Fsp3) is 0.690. The smallest absolute Gasteiger partial charge is 0.303 e. The first-order valence-electron chi connectivity index (χ1n) is 15.0. The van der Waals surface area contributed by atoms with Crippen LogP contribution < -0.4 is 10.6 Å². The van der Waals surface area contributed by atoms with E-state index < -0.39 is 122 Å². The lowest BCUT2D eigenvalue weighted by atomic mass is 9.97. The average Bonchev–Trinajstić information content (AvgIpc) is 2.95. The molecule has 0 aromatic heterocycles. The second-order valence-corrected chi connectivity index (χ2v) is 11.3. The van der Waals surface area contributed by atoms with Crippen molar-refractivity contribution < 1.29 is 85.7 Å². The van der Waals surface area contributed by atoms with Crippen molar-refractivity contribution in [2.45, 2.75) is 117 Å². The lowest BCUT2D eigenvalue weighted by Gasteiger charge is -2.46. The third-order valence-electron chi connectivity index (χ3n) is 6.53. The van der Waals surface area contributed by atoms with Gasteiger partial charge in [-0.1, -0.05) is 0 Å². The average molecular weight is 737 g/mol. The van der Waals surface area contributed by atoms with Gasteiger partial charge in [0.1, 0.15) is 25.4 Å². The Morgan fingerprint density at radius 3 is 0.960 bits per heavy atom. The summed E-state index contributed by atoms with van der Waals surface area (Å²) in [4.78, 5) is 96.0. The highest BCUT2D eigenvalue weighted by Crippen LogP contribution is 2.30. The van der Waals surface area contributed by atoms with Crippen LogP contribution in [0, 0.1) is 0 Å². The Balaban J connectivity index is 2.53. The minimum Gasteiger partial charge on any atom is -0.463 e. The molecule has 21 heteroatoms. The van der Waals surface area contributed by atoms with Crippen LogP contribution in [0.3, 0.4) is 0 Å². The van der Waals surface area contributed by atoms with Crippen molar-refractivity contribution in [1.29, 1.82) is 0 Å². The Hall–Kier alpha value is -4.63. The second-order valence-electron chi connectivity index (χ2n) is 10.9. The molecule has 0 aromatic carbocycles. The Morgan fingerprint density at radius 2 is 0.700 bits per heavy atom. The van der Waals surface area contributed by atoms with Gasteiger partial charge in [-0.2, -0.15) is 0 Å². The fourth-order valence-corrected chi connectivity index (χ4v) is 5.22. The molecule has 0 radical (unpaired) electrons. The van der Waals surface area contributed by atoms with Crippen molar-refractivity contribution in [3.63, 3.8) is 0 Å². The van der Waals surface area contributed by atoms with Gasteiger partial charge in [0.15, 0.2) is 54.2 Å². The molecule has 0 spiro atoms. The quantitative estimate of drug-likeness (QED) is 0.133. The van der Waals surface area contributed by atoms with Crippen molar-refractivity contribution in [1.82, 2.24) is 10.6 Å². The van der Waals surface area contributed by atoms with Gasteiger partial charge >= 0.3 is 47.8 Å². The van der Waals surface area contributed by atoms with Crippen molar-refractivity contribution in [3.8, 4) is 0 Å². The highest BCUT2D eigenvalue weighted by Gasteiger charge is 2.54. The molecule has 0 aromatic rings. The SMILES string of the molecule is CC(=O)OC[C@H]1O[C@@H](NC(=S)N[C@@H]2O[C@H](COC(C)=O)[C@H](OC(C)=O)[C@H](OC(C)=O)[C@H]2OC(C)=O)[C@H](OC(C)=O)[C@@H](OC(C)=O)[C@H]1OC(C)=O. The zero-order valence-electron chi connectivity index (χ0n) is 28.4. The van der Waals surface area contributed by atoms with Gasteiger partial charge in [-0.3, -0.25) is 38.4 Å². The molecular formula is C29H40N2O18S. The van der Waals surface area contributed by atoms with Crippen LogP contribution in [0.2, 0.25) is 0 Å². The van der Waals surface area contributed by atoms with Gasteiger partial charge in [0.25, 0.3) is 0 Å². The number of carbonyl (C=O) groups excluding carboxylic acids is 8. The summed E-state index contributed by atoms with van der Waals surface area (Å²) in [7, 11) is 0. The van der Waals surface area contributed by atoms with Crippen LogP contribution in [-0.4, -0.2) is 127 Å². The highest BCUT2D eigenvalue weighted by atomic mass is 32.1. The molecule has 2 fully saturated rings. The molecule has 2 rings (SSSR count). The van der Waals surface area contributed by atoms with E-state index >= 15 is 0 Å². The lowest BCUT2D eigenvalue weighted by Crippen LogP contribution is -2.69. The van der Waals surface area contributed by atoms with Crippen LogP contribution in [0.5, 0.6) is 0 Å². The van der Waals surface area contributed by atoms with Gasteiger partial charge in [0.2, 0.25) is 0 Å². The van der Waals surface area contributed by atoms with Crippen LogP contribution in [-0.2, 0) is 85.7 Å². The molecule has 10 atom stereocenters. The van der Waals surface area contributed by atoms with E-state index in [1.165, 1.54) is 0 Å². The topological polar surface area (TPSA) is 253 Å². The number of hydrogen-bond donors (Lipinski definition) is 2. The molecule has 2 N–H and O–H groups in total. The fourth-order valence-electron chi connectivity index (χ4n) is 4.99. The lowest BCUT2D eigenvalue weighted by molar-refractivity contribution is -0.257. The van der Waals surface area contributed by atoms with Gasteiger partial charge in [0.05, 0.1) is 0 Å². The predicted molar refractivity (Wildman–Crippen MR) is 163 cm³/mol. The van der Waals surface area contributed by atoms with E-state index in [2.05, 4.69) is 10.6 Å². The summed E-state index contributed by atoms with van der Waals surface area (Å²) in [6.07, 6.45) is -14.7. The van der Waals surface area contributed by atoms with Gasteiger partial charge in [-0.25, -0.2) is 0 Å². The summed E-state index contributed by atoms with van der Waals surface area (Å²) in [5.41, 5.74) is 0. The third-order valence-corrected chi connectivity index (χ3v) is 6.76. The number of nitrogens with one attached hydrogen (secondary N) is 2. The zero-order chi connectivity index (χ0) is 37.9. The molecule has 0 saturated carbocycles. The molecule has 0 aliphatic carbocycles. The Morgan fingerprint density at radius 1 is 0.440 bits per heavy atom. The number of esters is 8. The maximum Gasteiger partial charge on any atom is 0.303 e. The highest BCUT2D eigenvalue weighted by molar-refractivity contribution is 7.80. The van der Waals surface area contributed by atoms with E-state index in [1.807, 2.05) is 0 Å². The van der Waals surface area contributed by atoms with E-state index in [9.17, 15) is 38.4 Å². The predicted octanol–water partition coefficient (Wildman–Crippen LogP) is -1.38. The van der Waals surface area contributed by atoms with Crippen molar-refractivity contribution in [2.75, 3.05) is 13.2 Å². The first-order valence-corrected chi connectivity index (χ1v) is 15.4. The van der Waals surface area contributed by atoms with Gasteiger partial charge < -0.3 is 58.0 Å². The monoisotopic (exact) mass is 736 g/mol. The summed E-state index contributed by atoms with van der Waals surface area (Å²) in [6, 6.07) is 0. The molecule has 0 amide bonds. The van der Waals surface area contributed by atoms with Crippen molar-refractivity contribution >= 4 is 65.1 Å². The summed E-state index contributed by atoms with van der Waals surface area (Å²) in [6.45, 7) is 7.48. The van der Waals surface area contributed by atoms with Crippen LogP contribution in [0.15, 0.2) is 0 Å². The number of rotatable bonds is 12. The zero-order valence-corrected chi connectivity index (χ0v) is 29.3. The number of thiocarbonyl (C=S) groups is 1. The number of ether oxygens (including phenoxy) is 10. The number of hydrogen-bond acceptors (Lipinski definition) is 19. The van der Waals surface area contributed by atoms with Gasteiger partial charge in [-0.15, -0.1) is 0 Å². The van der Waals surface area contributed by atoms with E-state index in [0.29, 0.717) is 0 Å². The van der Waals surface area contributed by atoms with Gasteiger partial charge in [0, 0.05) is 55.4 Å². The molecule has 50 heavy (non-hydrogen) atoms. The summed E-state index contributed by atoms with van der Waals surface area (Å²) >= 11 is 5.47. The second kappa shape index (κ2) is 18.9. The largest absolute Gasteiger partial charge is 0.463 e. The molecule has 2 heterocycles. The molecule has 20 nitrogen and oxygen atoms in total. The molecular weight excluding hydrogens is 696 g/mol. The molecule has 0 unspecified atom stereocenters. The standard InChI is InChI=1S/C29H40N2O18S/c1-11(32)40-9-19-21(42-13(3)34)23(44-15(5)36)25(46-17(7)38)27(48-19)30-29(50)31-28-26(47-18(8)39)24(45-16(6)37)22(43-14(4)35)20(49-28)10-41-12(2)33/h19-28H,9-10H2,1-8H3,(H2,30,31,50)/t19-,20-,21+,22+,23+,24+,25-,26-,27-,28-/m1/s1. The van der Waals surface area contributed by atoms with Gasteiger partial charge in [-0.05, 0) is 12.2 Å². The van der Waals surface area contributed by atoms with E-state index in [0.717, 1.165) is 55.4 Å². The van der Waals surface area contributed by atoms with Crippen LogP contribution in [0.25, 0.3) is 0 Å². The van der Waals surface area contributed by atoms with E-state index in [4.69, 9.17) is 59.6 Å². The van der Waals surface area contributed by atoms with Crippen molar-refractivity contribution in [3.05, 3.63) is 0 Å². The molecule has 2 saturated heterocycles. The molecule has 2 aliphatic heterocycles. The normalized spacial score (nSPS) is 28.7. The maximum absolute atomic E-state index is 12.2. The van der Waals surface area contributed by atoms with Crippen LogP contribution in [0.1, 0.15) is 55.4 Å². The molecule has 0 bridgehead atoms. The summed E-state index contributed by atoms with van der Waals surface area (Å²) in [5, 5.41) is 5.04. The first kappa shape index (κ1) is 41.5. The minimum atomic E-state index is -1.55. The van der Waals surface area contributed by atoms with E-state index in [-0.39, 0.29) is 5.11 Å². The maximum atomic E-state index is 12.2. The first-order chi connectivity index (χ1) is 23.3. The third kappa shape index (κ3) is 13.0. The van der Waals surface area contributed by atoms with Crippen LogP contribution >= 0.6 is 12.2 Å². The Bertz CT molecular complexity index is 1230. The van der Waals surface area contributed by atoms with Crippen LogP contribution in [0.4, 0.5) is 0 Å². The number of carbonyl (C=O) groups is 8.